The minimum Gasteiger partial charge on any atom is -0.307 e. The summed E-state index contributed by atoms with van der Waals surface area (Å²) >= 11 is 0. The molecular weight excluding hydrogens is 253 g/mol. The van der Waals surface area contributed by atoms with Crippen LogP contribution in [0.3, 0.4) is 0 Å². The molecule has 0 unspecified atom stereocenters. The average molecular weight is 270 g/mol. The van der Waals surface area contributed by atoms with E-state index in [1.165, 1.54) is 12.1 Å². The first-order valence-electron chi connectivity index (χ1n) is 5.75. The molecular formula is C13H17ClFN3. The minimum absolute atomic E-state index is 0. The van der Waals surface area contributed by atoms with Crippen LogP contribution in [-0.4, -0.2) is 9.78 Å². The summed E-state index contributed by atoms with van der Waals surface area (Å²) in [5, 5.41) is 7.64. The quantitative estimate of drug-likeness (QED) is 0.905. The van der Waals surface area contributed by atoms with Gasteiger partial charge < -0.3 is 5.32 Å². The molecule has 0 bridgehead atoms. The second kappa shape index (κ2) is 7.13. The van der Waals surface area contributed by atoms with Crippen molar-refractivity contribution in [2.24, 2.45) is 0 Å². The fourth-order valence-corrected chi connectivity index (χ4v) is 1.61. The van der Waals surface area contributed by atoms with Crippen LogP contribution in [0.25, 0.3) is 0 Å². The number of halogens is 2. The van der Waals surface area contributed by atoms with Gasteiger partial charge in [0.1, 0.15) is 5.82 Å². The van der Waals surface area contributed by atoms with Crippen molar-refractivity contribution in [3.05, 3.63) is 53.6 Å². The highest BCUT2D eigenvalue weighted by Crippen LogP contribution is 2.02. The van der Waals surface area contributed by atoms with E-state index < -0.39 is 0 Å². The van der Waals surface area contributed by atoms with Gasteiger partial charge in [-0.15, -0.1) is 12.4 Å². The molecule has 0 aliphatic heterocycles. The van der Waals surface area contributed by atoms with Crippen molar-refractivity contribution in [3.63, 3.8) is 0 Å². The standard InChI is InChI=1S/C13H16FN3.ClH/c1-2-17-8-7-13(16-17)10-15-9-11-3-5-12(14)6-4-11;/h3-8,15H,2,9-10H2,1H3;1H. The third-order valence-electron chi connectivity index (χ3n) is 2.57. The lowest BCUT2D eigenvalue weighted by atomic mass is 10.2. The van der Waals surface area contributed by atoms with Gasteiger partial charge in [0.25, 0.3) is 0 Å². The molecule has 2 rings (SSSR count). The minimum atomic E-state index is -0.199. The zero-order valence-corrected chi connectivity index (χ0v) is 11.1. The van der Waals surface area contributed by atoms with Gasteiger partial charge in [-0.2, -0.15) is 5.10 Å². The van der Waals surface area contributed by atoms with Gasteiger partial charge in [-0.3, -0.25) is 4.68 Å². The van der Waals surface area contributed by atoms with Crippen LogP contribution in [0.2, 0.25) is 0 Å². The molecule has 1 heterocycles. The Balaban J connectivity index is 0.00000162. The predicted octanol–water partition coefficient (Wildman–Crippen LogP) is 2.75. The molecule has 0 aliphatic carbocycles. The summed E-state index contributed by atoms with van der Waals surface area (Å²) in [4.78, 5) is 0. The van der Waals surface area contributed by atoms with Crippen molar-refractivity contribution >= 4 is 12.4 Å². The first kappa shape index (κ1) is 14.7. The van der Waals surface area contributed by atoms with E-state index in [1.807, 2.05) is 16.9 Å². The Hall–Kier alpha value is -1.39. The van der Waals surface area contributed by atoms with Gasteiger partial charge in [0, 0.05) is 25.8 Å². The van der Waals surface area contributed by atoms with Crippen molar-refractivity contribution in [3.8, 4) is 0 Å². The molecule has 0 amide bonds. The van der Waals surface area contributed by atoms with E-state index in [4.69, 9.17) is 0 Å². The van der Waals surface area contributed by atoms with E-state index in [9.17, 15) is 4.39 Å². The fourth-order valence-electron chi connectivity index (χ4n) is 1.61. The number of aryl methyl sites for hydroxylation is 1. The zero-order chi connectivity index (χ0) is 12.1. The highest BCUT2D eigenvalue weighted by Gasteiger charge is 1.98. The summed E-state index contributed by atoms with van der Waals surface area (Å²) in [6.45, 7) is 4.39. The number of hydrogen-bond acceptors (Lipinski definition) is 2. The molecule has 2 aromatic rings. The topological polar surface area (TPSA) is 29.9 Å². The van der Waals surface area contributed by atoms with Crippen molar-refractivity contribution in [1.29, 1.82) is 0 Å². The van der Waals surface area contributed by atoms with Gasteiger partial charge in [0.15, 0.2) is 0 Å². The number of hydrogen-bond donors (Lipinski definition) is 1. The molecule has 5 heteroatoms. The van der Waals surface area contributed by atoms with Crippen molar-refractivity contribution < 1.29 is 4.39 Å². The maximum atomic E-state index is 12.7. The van der Waals surface area contributed by atoms with Crippen molar-refractivity contribution in [2.75, 3.05) is 0 Å². The molecule has 3 nitrogen and oxygen atoms in total. The number of nitrogens with one attached hydrogen (secondary N) is 1. The SMILES string of the molecule is CCn1ccc(CNCc2ccc(F)cc2)n1.Cl. The van der Waals surface area contributed by atoms with Crippen LogP contribution in [0.15, 0.2) is 36.5 Å². The Kier molecular flexibility index (Phi) is 5.82. The third kappa shape index (κ3) is 4.13. The zero-order valence-electron chi connectivity index (χ0n) is 10.3. The maximum absolute atomic E-state index is 12.7. The predicted molar refractivity (Wildman–Crippen MR) is 72.1 cm³/mol. The lowest BCUT2D eigenvalue weighted by molar-refractivity contribution is 0.615. The summed E-state index contributed by atoms with van der Waals surface area (Å²) in [5.41, 5.74) is 2.09. The summed E-state index contributed by atoms with van der Waals surface area (Å²) < 4.78 is 14.6. The molecule has 1 aromatic carbocycles. The van der Waals surface area contributed by atoms with E-state index >= 15 is 0 Å². The second-order valence-electron chi connectivity index (χ2n) is 3.89. The lowest BCUT2D eigenvalue weighted by Crippen LogP contribution is -2.13. The van der Waals surface area contributed by atoms with Crippen LogP contribution < -0.4 is 5.32 Å². The Morgan fingerprint density at radius 1 is 1.17 bits per heavy atom. The Labute approximate surface area is 112 Å². The number of nitrogens with zero attached hydrogens (tertiary/aromatic N) is 2. The number of benzene rings is 1. The molecule has 0 spiro atoms. The van der Waals surface area contributed by atoms with E-state index in [1.54, 1.807) is 12.1 Å². The molecule has 0 saturated carbocycles. The Morgan fingerprint density at radius 2 is 1.89 bits per heavy atom. The summed E-state index contributed by atoms with van der Waals surface area (Å²) in [7, 11) is 0. The van der Waals surface area contributed by atoms with Gasteiger partial charge in [0.05, 0.1) is 5.69 Å². The highest BCUT2D eigenvalue weighted by atomic mass is 35.5. The summed E-state index contributed by atoms with van der Waals surface area (Å²) in [6, 6.07) is 8.52. The molecule has 0 atom stereocenters. The first-order valence-corrected chi connectivity index (χ1v) is 5.75. The molecule has 0 aliphatic rings. The van der Waals surface area contributed by atoms with Crippen molar-refractivity contribution in [1.82, 2.24) is 15.1 Å². The largest absolute Gasteiger partial charge is 0.307 e. The second-order valence-corrected chi connectivity index (χ2v) is 3.89. The highest BCUT2D eigenvalue weighted by molar-refractivity contribution is 5.85. The van der Waals surface area contributed by atoms with Crippen LogP contribution in [-0.2, 0) is 19.6 Å². The van der Waals surface area contributed by atoms with Crippen molar-refractivity contribution in [2.45, 2.75) is 26.6 Å². The monoisotopic (exact) mass is 269 g/mol. The molecule has 18 heavy (non-hydrogen) atoms. The summed E-state index contributed by atoms with van der Waals surface area (Å²) in [6.07, 6.45) is 1.97. The molecule has 0 fully saturated rings. The van der Waals surface area contributed by atoms with Crippen LogP contribution in [0.1, 0.15) is 18.2 Å². The first-order chi connectivity index (χ1) is 8.28. The maximum Gasteiger partial charge on any atom is 0.123 e. The van der Waals surface area contributed by atoms with E-state index in [0.717, 1.165) is 30.9 Å². The van der Waals surface area contributed by atoms with Gasteiger partial charge in [-0.05, 0) is 30.7 Å². The van der Waals surface area contributed by atoms with E-state index in [0.29, 0.717) is 0 Å². The molecule has 1 N–H and O–H groups in total. The van der Waals surface area contributed by atoms with Crippen LogP contribution in [0.4, 0.5) is 4.39 Å². The van der Waals surface area contributed by atoms with Crippen LogP contribution in [0, 0.1) is 5.82 Å². The fraction of sp³-hybridized carbons (Fsp3) is 0.308. The summed E-state index contributed by atoms with van der Waals surface area (Å²) in [5.74, 6) is -0.199. The Bertz CT molecular complexity index is 467. The van der Waals surface area contributed by atoms with Crippen LogP contribution >= 0.6 is 12.4 Å². The molecule has 98 valence electrons. The molecule has 0 saturated heterocycles. The smallest absolute Gasteiger partial charge is 0.123 e. The average Bonchev–Trinajstić information content (AvgIpc) is 2.80. The number of rotatable bonds is 5. The molecule has 0 radical (unpaired) electrons. The van der Waals surface area contributed by atoms with Gasteiger partial charge in [-0.1, -0.05) is 12.1 Å². The third-order valence-corrected chi connectivity index (χ3v) is 2.57. The van der Waals surface area contributed by atoms with Crippen LogP contribution in [0.5, 0.6) is 0 Å². The van der Waals surface area contributed by atoms with Gasteiger partial charge >= 0.3 is 0 Å². The van der Waals surface area contributed by atoms with Gasteiger partial charge in [-0.25, -0.2) is 4.39 Å². The van der Waals surface area contributed by atoms with Gasteiger partial charge in [0.2, 0.25) is 0 Å². The Morgan fingerprint density at radius 3 is 2.50 bits per heavy atom. The molecule has 1 aromatic heterocycles. The normalized spacial score (nSPS) is 10.1. The van der Waals surface area contributed by atoms with E-state index in [2.05, 4.69) is 17.3 Å². The number of aromatic nitrogens is 2. The van der Waals surface area contributed by atoms with E-state index in [-0.39, 0.29) is 18.2 Å². The lowest BCUT2D eigenvalue weighted by Gasteiger charge is -2.02.